The van der Waals surface area contributed by atoms with Crippen LogP contribution < -0.4 is 0 Å². The molecule has 2 aliphatic heterocycles. The molecule has 0 saturated carbocycles. The number of rotatable bonds is 2. The first-order valence-electron chi connectivity index (χ1n) is 7.85. The predicted molar refractivity (Wildman–Crippen MR) is 88.2 cm³/mol. The second-order valence-electron chi connectivity index (χ2n) is 6.30. The highest BCUT2D eigenvalue weighted by atomic mass is 16.6. The summed E-state index contributed by atoms with van der Waals surface area (Å²) in [6, 6.07) is 0. The first-order valence-corrected chi connectivity index (χ1v) is 7.85. The minimum Gasteiger partial charge on any atom is -0.383 e. The van der Waals surface area contributed by atoms with Gasteiger partial charge in [-0.3, -0.25) is 25.0 Å². The quantitative estimate of drug-likeness (QED) is 0.540. The van der Waals surface area contributed by atoms with Gasteiger partial charge in [-0.2, -0.15) is 0 Å². The Morgan fingerprint density at radius 2 is 1.42 bits per heavy atom. The lowest BCUT2D eigenvalue weighted by Crippen LogP contribution is -2.47. The van der Waals surface area contributed by atoms with Crippen LogP contribution in [0.25, 0.3) is 0 Å². The number of carbonyl (C=O) groups excluding carboxylic acids is 1. The van der Waals surface area contributed by atoms with Gasteiger partial charge in [0.1, 0.15) is 11.4 Å². The zero-order valence-corrected chi connectivity index (χ0v) is 14.6. The minimum absolute atomic E-state index is 0.319. The van der Waals surface area contributed by atoms with E-state index < -0.39 is 15.4 Å². The third-order valence-electron chi connectivity index (χ3n) is 3.89. The van der Waals surface area contributed by atoms with Crippen LogP contribution in [0.4, 0.5) is 0 Å². The topological polar surface area (TPSA) is 130 Å². The Kier molecular flexibility index (Phi) is 10.2. The van der Waals surface area contributed by atoms with Crippen molar-refractivity contribution in [2.45, 2.75) is 31.3 Å². The number of nitro groups is 2. The number of aliphatic hydroxyl groups is 1. The van der Waals surface area contributed by atoms with Crippen LogP contribution in [-0.4, -0.2) is 90.0 Å². The van der Waals surface area contributed by atoms with Crippen LogP contribution in [0.5, 0.6) is 0 Å². The van der Waals surface area contributed by atoms with Crippen molar-refractivity contribution in [3.8, 4) is 0 Å². The van der Waals surface area contributed by atoms with E-state index in [2.05, 4.69) is 9.80 Å². The maximum absolute atomic E-state index is 10.6. The summed E-state index contributed by atoms with van der Waals surface area (Å²) in [5.41, 5.74) is -1.06. The van der Waals surface area contributed by atoms with Crippen molar-refractivity contribution in [1.82, 2.24) is 9.80 Å². The first kappa shape index (κ1) is 22.4. The summed E-state index contributed by atoms with van der Waals surface area (Å²) >= 11 is 0. The van der Waals surface area contributed by atoms with Crippen LogP contribution >= 0.6 is 0 Å². The molecule has 0 atom stereocenters. The zero-order valence-electron chi connectivity index (χ0n) is 14.6. The van der Waals surface area contributed by atoms with E-state index in [-0.39, 0.29) is 6.54 Å². The number of nitrogens with zero attached hydrogens (tertiary/aromatic N) is 4. The maximum atomic E-state index is 10.6. The van der Waals surface area contributed by atoms with Gasteiger partial charge in [0.25, 0.3) is 0 Å². The van der Waals surface area contributed by atoms with Crippen LogP contribution in [0.2, 0.25) is 0 Å². The van der Waals surface area contributed by atoms with Gasteiger partial charge in [0.05, 0.1) is 0 Å². The molecule has 10 heteroatoms. The molecular weight excluding hydrogens is 320 g/mol. The van der Waals surface area contributed by atoms with Gasteiger partial charge in [0, 0.05) is 48.9 Å². The van der Waals surface area contributed by atoms with Crippen LogP contribution in [0.3, 0.4) is 0 Å². The summed E-state index contributed by atoms with van der Waals surface area (Å²) in [4.78, 5) is 32.9. The van der Waals surface area contributed by atoms with Gasteiger partial charge in [-0.1, -0.05) is 0 Å². The van der Waals surface area contributed by atoms with E-state index in [9.17, 15) is 20.0 Å². The molecule has 2 rings (SSSR count). The molecule has 2 fully saturated rings. The van der Waals surface area contributed by atoms with Crippen molar-refractivity contribution in [3.63, 3.8) is 0 Å². The molecule has 10 nitrogen and oxygen atoms in total. The smallest absolute Gasteiger partial charge is 0.232 e. The normalized spacial score (nSPS) is 20.9. The van der Waals surface area contributed by atoms with Crippen molar-refractivity contribution >= 4 is 5.78 Å². The van der Waals surface area contributed by atoms with E-state index >= 15 is 0 Å². The molecule has 24 heavy (non-hydrogen) atoms. The third-order valence-corrected chi connectivity index (χ3v) is 3.89. The molecule has 0 aromatic rings. The molecule has 0 spiro atoms. The highest BCUT2D eigenvalue weighted by Crippen LogP contribution is 2.21. The average molecular weight is 348 g/mol. The second kappa shape index (κ2) is 11.0. The van der Waals surface area contributed by atoms with Gasteiger partial charge < -0.3 is 14.9 Å². The van der Waals surface area contributed by atoms with Crippen molar-refractivity contribution in [3.05, 3.63) is 20.2 Å². The Balaban J connectivity index is 0.000000379. The zero-order chi connectivity index (χ0) is 18.8. The fraction of sp³-hybridized carbons (Fsp3) is 0.929. The number of piperidine rings is 2. The lowest BCUT2D eigenvalue weighted by Gasteiger charge is -2.33. The largest absolute Gasteiger partial charge is 0.383 e. The van der Waals surface area contributed by atoms with Gasteiger partial charge in [-0.05, 0) is 26.9 Å². The van der Waals surface area contributed by atoms with Crippen LogP contribution in [0, 0.1) is 20.2 Å². The number of likely N-dealkylation sites (tertiary alicyclic amines) is 2. The Labute approximate surface area is 141 Å². The Hall–Kier alpha value is -1.65. The maximum Gasteiger partial charge on any atom is 0.232 e. The van der Waals surface area contributed by atoms with Crippen molar-refractivity contribution in [2.75, 3.05) is 53.9 Å². The van der Waals surface area contributed by atoms with Gasteiger partial charge >= 0.3 is 0 Å². The highest BCUT2D eigenvalue weighted by molar-refractivity contribution is 5.79. The molecule has 1 N–H and O–H groups in total. The molecule has 0 aromatic heterocycles. The monoisotopic (exact) mass is 348 g/mol. The standard InChI is InChI=1S/C7H14N2O3.C6H11NO.CH3NO2/c1-8-4-2-7(10,3-5-8)6-9(11)12;1-7-4-2-6(8)3-5-7;1-2(3)4/h10H,2-6H2,1H3;2-5H2,1H3;1H3. The Morgan fingerprint density at radius 3 is 1.75 bits per heavy atom. The number of carbonyl (C=O) groups is 1. The molecule has 0 amide bonds. The molecule has 2 heterocycles. The molecule has 0 aromatic carbocycles. The summed E-state index contributed by atoms with van der Waals surface area (Å²) in [7, 11) is 4.89. The van der Waals surface area contributed by atoms with Crippen LogP contribution in [0.1, 0.15) is 25.7 Å². The Morgan fingerprint density at radius 1 is 1.04 bits per heavy atom. The fourth-order valence-corrected chi connectivity index (χ4v) is 2.30. The van der Waals surface area contributed by atoms with Gasteiger partial charge in [0.2, 0.25) is 6.54 Å². The molecule has 2 saturated heterocycles. The number of ketones is 1. The molecular formula is C14H28N4O6. The predicted octanol–water partition coefficient (Wildman–Crippen LogP) is -0.106. The molecule has 0 radical (unpaired) electrons. The summed E-state index contributed by atoms with van der Waals surface area (Å²) < 4.78 is 0. The molecule has 0 unspecified atom stereocenters. The van der Waals surface area contributed by atoms with E-state index in [0.29, 0.717) is 18.6 Å². The van der Waals surface area contributed by atoms with Gasteiger partial charge in [-0.25, -0.2) is 0 Å². The van der Waals surface area contributed by atoms with E-state index in [4.69, 9.17) is 10.1 Å². The van der Waals surface area contributed by atoms with Crippen LogP contribution in [0.15, 0.2) is 0 Å². The van der Waals surface area contributed by atoms with Gasteiger partial charge in [-0.15, -0.1) is 0 Å². The second-order valence-corrected chi connectivity index (χ2v) is 6.30. The van der Waals surface area contributed by atoms with Crippen molar-refractivity contribution in [1.29, 1.82) is 0 Å². The van der Waals surface area contributed by atoms with Crippen molar-refractivity contribution in [2.24, 2.45) is 0 Å². The molecule has 0 bridgehead atoms. The summed E-state index contributed by atoms with van der Waals surface area (Å²) in [6.07, 6.45) is 2.53. The number of hydrogen-bond donors (Lipinski definition) is 1. The molecule has 0 aliphatic carbocycles. The number of hydrogen-bond acceptors (Lipinski definition) is 8. The average Bonchev–Trinajstić information content (AvgIpc) is 2.45. The fourth-order valence-electron chi connectivity index (χ4n) is 2.30. The first-order chi connectivity index (χ1) is 11.0. The molecule has 140 valence electrons. The summed E-state index contributed by atoms with van der Waals surface area (Å²) in [5, 5.41) is 28.7. The molecule has 2 aliphatic rings. The lowest BCUT2D eigenvalue weighted by atomic mass is 9.92. The summed E-state index contributed by atoms with van der Waals surface area (Å²) in [6.45, 7) is 3.08. The third kappa shape index (κ3) is 11.9. The highest BCUT2D eigenvalue weighted by Gasteiger charge is 2.35. The van der Waals surface area contributed by atoms with E-state index in [1.165, 1.54) is 0 Å². The lowest BCUT2D eigenvalue weighted by molar-refractivity contribution is -0.502. The minimum atomic E-state index is -1.06. The summed E-state index contributed by atoms with van der Waals surface area (Å²) in [5.74, 6) is 0.420. The van der Waals surface area contributed by atoms with Gasteiger partial charge in [0.15, 0.2) is 7.05 Å². The number of Topliss-reactive ketones (excluding diaryl/α,β-unsaturated/α-hetero) is 1. The SMILES string of the molecule is CN1CCC(=O)CC1.CN1CCC(O)(C[N+](=O)[O-])CC1.C[N+](=O)[O-]. The van der Waals surface area contributed by atoms with Crippen LogP contribution in [-0.2, 0) is 4.79 Å². The van der Waals surface area contributed by atoms with Crippen molar-refractivity contribution < 1.29 is 19.7 Å². The van der Waals surface area contributed by atoms with E-state index in [1.54, 1.807) is 0 Å². The Bertz CT molecular complexity index is 409. The van der Waals surface area contributed by atoms with E-state index in [1.807, 2.05) is 14.1 Å². The van der Waals surface area contributed by atoms with E-state index in [0.717, 1.165) is 46.1 Å².